The van der Waals surface area contributed by atoms with E-state index in [1.54, 1.807) is 12.2 Å². The molecule has 5 heteroatoms. The van der Waals surface area contributed by atoms with Gasteiger partial charge in [0.25, 0.3) is 0 Å². The molecule has 0 saturated carbocycles. The number of hydrogen-bond acceptors (Lipinski definition) is 3. The van der Waals surface area contributed by atoms with E-state index >= 15 is 0 Å². The highest BCUT2D eigenvalue weighted by Gasteiger charge is 2.31. The van der Waals surface area contributed by atoms with Crippen LogP contribution in [-0.2, 0) is 11.3 Å². The number of rotatable bonds is 3. The summed E-state index contributed by atoms with van der Waals surface area (Å²) in [6, 6.07) is 21.7. The van der Waals surface area contributed by atoms with Gasteiger partial charge in [0.05, 0.1) is 6.04 Å². The first kappa shape index (κ1) is 16.6. The van der Waals surface area contributed by atoms with Crippen molar-refractivity contribution in [2.24, 2.45) is 0 Å². The van der Waals surface area contributed by atoms with E-state index in [-0.39, 0.29) is 11.9 Å². The number of aromatic nitrogens is 2. The summed E-state index contributed by atoms with van der Waals surface area (Å²) in [5, 5.41) is 0. The molecule has 1 aliphatic heterocycles. The zero-order valence-electron chi connectivity index (χ0n) is 15.2. The van der Waals surface area contributed by atoms with Gasteiger partial charge in [-0.2, -0.15) is 0 Å². The first-order chi connectivity index (χ1) is 13.8. The fraction of sp³-hybridized carbons (Fsp3) is 0.130. The highest BCUT2D eigenvalue weighted by molar-refractivity contribution is 5.92. The lowest BCUT2D eigenvalue weighted by Gasteiger charge is -2.36. The summed E-state index contributed by atoms with van der Waals surface area (Å²) in [5.41, 5.74) is 3.73. The Morgan fingerprint density at radius 3 is 2.68 bits per heavy atom. The molecule has 28 heavy (non-hydrogen) atoms. The molecule has 1 unspecified atom stereocenters. The molecule has 5 nitrogen and oxygen atoms in total. The zero-order valence-corrected chi connectivity index (χ0v) is 15.2. The van der Waals surface area contributed by atoms with Crippen LogP contribution < -0.4 is 0 Å². The van der Waals surface area contributed by atoms with Crippen molar-refractivity contribution in [2.45, 2.75) is 12.6 Å². The highest BCUT2D eigenvalue weighted by Crippen LogP contribution is 2.32. The third kappa shape index (κ3) is 2.91. The van der Waals surface area contributed by atoms with Gasteiger partial charge in [-0.05, 0) is 29.8 Å². The van der Waals surface area contributed by atoms with Crippen molar-refractivity contribution in [2.75, 3.05) is 6.54 Å². The summed E-state index contributed by atoms with van der Waals surface area (Å²) in [6.07, 6.45) is 5.28. The molecule has 3 heterocycles. The van der Waals surface area contributed by atoms with Crippen molar-refractivity contribution in [1.82, 2.24) is 14.5 Å². The minimum atomic E-state index is -0.106. The second-order valence-corrected chi connectivity index (χ2v) is 6.82. The van der Waals surface area contributed by atoms with E-state index < -0.39 is 0 Å². The van der Waals surface area contributed by atoms with Gasteiger partial charge in [-0.25, -0.2) is 4.98 Å². The van der Waals surface area contributed by atoms with Gasteiger partial charge in [-0.3, -0.25) is 4.79 Å². The first-order valence-electron chi connectivity index (χ1n) is 9.34. The Bertz CT molecular complexity index is 1120. The number of fused-ring (bicyclic) bond motifs is 2. The molecule has 1 aliphatic rings. The van der Waals surface area contributed by atoms with Crippen molar-refractivity contribution in [1.29, 1.82) is 0 Å². The lowest BCUT2D eigenvalue weighted by Crippen LogP contribution is -2.41. The summed E-state index contributed by atoms with van der Waals surface area (Å²) in [4.78, 5) is 19.4. The first-order valence-corrected chi connectivity index (χ1v) is 9.34. The average molecular weight is 369 g/mol. The van der Waals surface area contributed by atoms with Gasteiger partial charge in [0, 0.05) is 37.1 Å². The molecule has 0 N–H and O–H groups in total. The molecule has 0 aliphatic carbocycles. The molecule has 0 saturated heterocycles. The SMILES string of the molecule is O=C(/C=C/c1nc2ccccc2o1)N1CCn2cccc2C1c1ccccc1. The monoisotopic (exact) mass is 369 g/mol. The molecule has 0 radical (unpaired) electrons. The third-order valence-electron chi connectivity index (χ3n) is 5.12. The van der Waals surface area contributed by atoms with Gasteiger partial charge < -0.3 is 13.9 Å². The van der Waals surface area contributed by atoms with Crippen LogP contribution in [0, 0.1) is 0 Å². The van der Waals surface area contributed by atoms with E-state index in [0.29, 0.717) is 18.0 Å². The van der Waals surface area contributed by atoms with E-state index in [1.807, 2.05) is 53.4 Å². The molecule has 4 aromatic rings. The molecule has 2 aromatic heterocycles. The van der Waals surface area contributed by atoms with E-state index in [9.17, 15) is 4.79 Å². The minimum absolute atomic E-state index is 0.0523. The van der Waals surface area contributed by atoms with Gasteiger partial charge in [-0.1, -0.05) is 42.5 Å². The molecule has 0 spiro atoms. The second kappa shape index (κ2) is 6.85. The van der Waals surface area contributed by atoms with Gasteiger partial charge >= 0.3 is 0 Å². The Balaban J connectivity index is 1.46. The number of para-hydroxylation sites is 2. The number of oxazole rings is 1. The number of hydrogen-bond donors (Lipinski definition) is 0. The number of carbonyl (C=O) groups is 1. The van der Waals surface area contributed by atoms with Crippen molar-refractivity contribution < 1.29 is 9.21 Å². The Morgan fingerprint density at radius 2 is 1.82 bits per heavy atom. The molecule has 0 bridgehead atoms. The normalized spacial score (nSPS) is 16.6. The molecule has 138 valence electrons. The lowest BCUT2D eigenvalue weighted by atomic mass is 10.00. The fourth-order valence-corrected chi connectivity index (χ4v) is 3.81. The van der Waals surface area contributed by atoms with Crippen LogP contribution in [0.3, 0.4) is 0 Å². The molecule has 1 amide bonds. The van der Waals surface area contributed by atoms with Gasteiger partial charge in [0.15, 0.2) is 5.58 Å². The van der Waals surface area contributed by atoms with Crippen LogP contribution in [0.5, 0.6) is 0 Å². The Hall–Kier alpha value is -3.60. The van der Waals surface area contributed by atoms with E-state index in [4.69, 9.17) is 4.42 Å². The van der Waals surface area contributed by atoms with Gasteiger partial charge in [0.2, 0.25) is 11.8 Å². The van der Waals surface area contributed by atoms with Gasteiger partial charge in [0.1, 0.15) is 5.52 Å². The molecular formula is C23H19N3O2. The largest absolute Gasteiger partial charge is 0.437 e. The van der Waals surface area contributed by atoms with Crippen LogP contribution in [0.2, 0.25) is 0 Å². The van der Waals surface area contributed by atoms with E-state index in [0.717, 1.165) is 23.3 Å². The maximum Gasteiger partial charge on any atom is 0.247 e. The summed E-state index contributed by atoms with van der Waals surface area (Å²) < 4.78 is 7.90. The topological polar surface area (TPSA) is 51.3 Å². The third-order valence-corrected chi connectivity index (χ3v) is 5.12. The highest BCUT2D eigenvalue weighted by atomic mass is 16.3. The quantitative estimate of drug-likeness (QED) is 0.507. The van der Waals surface area contributed by atoms with Crippen LogP contribution >= 0.6 is 0 Å². The Morgan fingerprint density at radius 1 is 1.00 bits per heavy atom. The van der Waals surface area contributed by atoms with Crippen LogP contribution in [0.1, 0.15) is 23.2 Å². The molecular weight excluding hydrogens is 350 g/mol. The predicted molar refractivity (Wildman–Crippen MR) is 107 cm³/mol. The van der Waals surface area contributed by atoms with E-state index in [1.165, 1.54) is 0 Å². The summed E-state index contributed by atoms with van der Waals surface area (Å²) in [5.74, 6) is 0.384. The smallest absolute Gasteiger partial charge is 0.247 e. The van der Waals surface area contributed by atoms with Crippen molar-refractivity contribution in [3.63, 3.8) is 0 Å². The summed E-state index contributed by atoms with van der Waals surface area (Å²) >= 11 is 0. The number of carbonyl (C=O) groups excluding carboxylic acids is 1. The second-order valence-electron chi connectivity index (χ2n) is 6.82. The standard InChI is InChI=1S/C23H19N3O2/c27-22(13-12-21-24-18-9-4-5-11-20(18)28-21)26-16-15-25-14-6-10-19(25)23(26)17-7-2-1-3-8-17/h1-14,23H,15-16H2/b13-12+. The number of amides is 1. The van der Waals surface area contributed by atoms with E-state index in [2.05, 4.69) is 33.9 Å². The Labute approximate surface area is 162 Å². The van der Waals surface area contributed by atoms with Crippen LogP contribution in [-0.4, -0.2) is 26.9 Å². The van der Waals surface area contributed by atoms with Crippen LogP contribution in [0.15, 0.2) is 83.4 Å². The zero-order chi connectivity index (χ0) is 18.9. The Kier molecular flexibility index (Phi) is 4.05. The van der Waals surface area contributed by atoms with Crippen LogP contribution in [0.25, 0.3) is 17.2 Å². The van der Waals surface area contributed by atoms with Crippen molar-refractivity contribution in [3.05, 3.63) is 96.2 Å². The average Bonchev–Trinajstić information content (AvgIpc) is 3.38. The molecule has 0 fully saturated rings. The maximum atomic E-state index is 13.1. The minimum Gasteiger partial charge on any atom is -0.437 e. The molecule has 1 atom stereocenters. The number of nitrogens with zero attached hydrogens (tertiary/aromatic N) is 3. The molecule has 2 aromatic carbocycles. The summed E-state index contributed by atoms with van der Waals surface area (Å²) in [7, 11) is 0. The number of benzene rings is 2. The van der Waals surface area contributed by atoms with Crippen molar-refractivity contribution in [3.8, 4) is 0 Å². The predicted octanol–water partition coefficient (Wildman–Crippen LogP) is 4.27. The molecule has 5 rings (SSSR count). The van der Waals surface area contributed by atoms with Crippen molar-refractivity contribution >= 4 is 23.1 Å². The lowest BCUT2D eigenvalue weighted by molar-refractivity contribution is -0.128. The maximum absolute atomic E-state index is 13.1. The fourth-order valence-electron chi connectivity index (χ4n) is 3.81. The summed E-state index contributed by atoms with van der Waals surface area (Å²) in [6.45, 7) is 1.44. The van der Waals surface area contributed by atoms with Crippen LogP contribution in [0.4, 0.5) is 0 Å². The van der Waals surface area contributed by atoms with Gasteiger partial charge in [-0.15, -0.1) is 0 Å².